The van der Waals surface area contributed by atoms with E-state index in [9.17, 15) is 9.59 Å². The molecular formula is C22H20N6O3. The number of ether oxygens (including phenoxy) is 1. The Morgan fingerprint density at radius 3 is 2.90 bits per heavy atom. The number of morpholine rings is 1. The standard InChI is InChI=1S/C22H20N6O3/c29-20-5-1-2-9-26(20)15-21(30)27-10-11-31-18(14-27)22-24-19-7-6-17(13-28(19)25-22)16-4-3-8-23-12-16/h1-9,12-13,18H,10-11,14-15H2/t18-/m1/s1. The van der Waals surface area contributed by atoms with Gasteiger partial charge in [-0.05, 0) is 24.3 Å². The molecule has 5 heterocycles. The number of carbonyl (C=O) groups excluding carboxylic acids is 1. The molecular weight excluding hydrogens is 396 g/mol. The summed E-state index contributed by atoms with van der Waals surface area (Å²) < 4.78 is 8.96. The molecule has 9 heteroatoms. The van der Waals surface area contributed by atoms with Crippen LogP contribution in [0, 0.1) is 0 Å². The summed E-state index contributed by atoms with van der Waals surface area (Å²) in [5.74, 6) is 0.391. The minimum atomic E-state index is -0.424. The van der Waals surface area contributed by atoms with Gasteiger partial charge >= 0.3 is 0 Å². The first-order valence-corrected chi connectivity index (χ1v) is 9.99. The average Bonchev–Trinajstić information content (AvgIpc) is 3.25. The highest BCUT2D eigenvalue weighted by Crippen LogP contribution is 2.22. The first-order valence-electron chi connectivity index (χ1n) is 9.99. The SMILES string of the molecule is O=C(Cn1ccccc1=O)N1CCO[C@@H](c2nc3ccc(-c4cccnc4)cn3n2)C1. The Balaban J connectivity index is 1.34. The maximum Gasteiger partial charge on any atom is 0.250 e. The van der Waals surface area contributed by atoms with Crippen molar-refractivity contribution < 1.29 is 9.53 Å². The van der Waals surface area contributed by atoms with Crippen LogP contribution in [0.25, 0.3) is 16.8 Å². The number of hydrogen-bond donors (Lipinski definition) is 0. The number of fused-ring (bicyclic) bond motifs is 1. The first kappa shape index (κ1) is 19.1. The van der Waals surface area contributed by atoms with E-state index >= 15 is 0 Å². The molecule has 0 aromatic carbocycles. The molecule has 0 bridgehead atoms. The van der Waals surface area contributed by atoms with Crippen LogP contribution in [0.1, 0.15) is 11.9 Å². The van der Waals surface area contributed by atoms with Gasteiger partial charge in [-0.3, -0.25) is 14.6 Å². The molecule has 1 saturated heterocycles. The molecule has 0 N–H and O–H groups in total. The van der Waals surface area contributed by atoms with E-state index in [1.54, 1.807) is 40.1 Å². The monoisotopic (exact) mass is 416 g/mol. The zero-order valence-electron chi connectivity index (χ0n) is 16.7. The summed E-state index contributed by atoms with van der Waals surface area (Å²) in [6.45, 7) is 1.19. The number of aromatic nitrogens is 5. The molecule has 0 spiro atoms. The van der Waals surface area contributed by atoms with Crippen molar-refractivity contribution in [2.24, 2.45) is 0 Å². The third kappa shape index (κ3) is 3.95. The number of amides is 1. The molecule has 0 saturated carbocycles. The predicted molar refractivity (Wildman–Crippen MR) is 112 cm³/mol. The molecule has 1 atom stereocenters. The van der Waals surface area contributed by atoms with Crippen LogP contribution in [0.4, 0.5) is 0 Å². The molecule has 1 amide bonds. The Labute approximate surface area is 177 Å². The van der Waals surface area contributed by atoms with E-state index in [1.165, 1.54) is 10.6 Å². The lowest BCUT2D eigenvalue weighted by atomic mass is 10.1. The normalized spacial score (nSPS) is 16.5. The number of carbonyl (C=O) groups is 1. The van der Waals surface area contributed by atoms with Gasteiger partial charge in [-0.1, -0.05) is 12.1 Å². The van der Waals surface area contributed by atoms with Gasteiger partial charge in [0.15, 0.2) is 11.5 Å². The van der Waals surface area contributed by atoms with Crippen molar-refractivity contribution >= 4 is 11.6 Å². The van der Waals surface area contributed by atoms with Crippen molar-refractivity contribution in [3.05, 3.63) is 83.4 Å². The molecule has 4 aromatic rings. The lowest BCUT2D eigenvalue weighted by Gasteiger charge is -2.31. The summed E-state index contributed by atoms with van der Waals surface area (Å²) in [5, 5.41) is 4.58. The molecule has 4 aromatic heterocycles. The van der Waals surface area contributed by atoms with Crippen LogP contribution in [-0.4, -0.2) is 54.7 Å². The number of pyridine rings is 3. The van der Waals surface area contributed by atoms with E-state index in [0.717, 1.165) is 11.1 Å². The molecule has 31 heavy (non-hydrogen) atoms. The van der Waals surface area contributed by atoms with Gasteiger partial charge in [0.1, 0.15) is 12.6 Å². The van der Waals surface area contributed by atoms with Gasteiger partial charge in [0.25, 0.3) is 5.56 Å². The summed E-state index contributed by atoms with van der Waals surface area (Å²) in [6.07, 6.45) is 6.62. The third-order valence-electron chi connectivity index (χ3n) is 5.25. The van der Waals surface area contributed by atoms with Crippen LogP contribution >= 0.6 is 0 Å². The third-order valence-corrected chi connectivity index (χ3v) is 5.25. The van der Waals surface area contributed by atoms with Crippen molar-refractivity contribution in [3.8, 4) is 11.1 Å². The maximum atomic E-state index is 12.7. The van der Waals surface area contributed by atoms with E-state index in [-0.39, 0.29) is 18.0 Å². The highest BCUT2D eigenvalue weighted by atomic mass is 16.5. The van der Waals surface area contributed by atoms with Gasteiger partial charge < -0.3 is 14.2 Å². The molecule has 5 rings (SSSR count). The first-order chi connectivity index (χ1) is 15.2. The second kappa shape index (κ2) is 8.11. The van der Waals surface area contributed by atoms with Crippen molar-refractivity contribution in [1.82, 2.24) is 29.0 Å². The lowest BCUT2D eigenvalue weighted by Crippen LogP contribution is -2.44. The molecule has 1 aliphatic heterocycles. The summed E-state index contributed by atoms with van der Waals surface area (Å²) >= 11 is 0. The fourth-order valence-electron chi connectivity index (χ4n) is 3.61. The Bertz CT molecular complexity index is 1280. The molecule has 0 unspecified atom stereocenters. The van der Waals surface area contributed by atoms with Crippen LogP contribution in [-0.2, 0) is 16.1 Å². The molecule has 0 radical (unpaired) electrons. The smallest absolute Gasteiger partial charge is 0.250 e. The Morgan fingerprint density at radius 2 is 2.06 bits per heavy atom. The molecule has 0 aliphatic carbocycles. The van der Waals surface area contributed by atoms with E-state index in [0.29, 0.717) is 31.2 Å². The van der Waals surface area contributed by atoms with Gasteiger partial charge in [0.05, 0.1) is 13.2 Å². The molecule has 1 aliphatic rings. The van der Waals surface area contributed by atoms with Crippen LogP contribution in [0.15, 0.2) is 72.0 Å². The quantitative estimate of drug-likeness (QED) is 0.501. The van der Waals surface area contributed by atoms with Crippen molar-refractivity contribution in [2.75, 3.05) is 19.7 Å². The van der Waals surface area contributed by atoms with Crippen molar-refractivity contribution in [2.45, 2.75) is 12.6 Å². The summed E-state index contributed by atoms with van der Waals surface area (Å²) in [6, 6.07) is 12.6. The summed E-state index contributed by atoms with van der Waals surface area (Å²) in [4.78, 5) is 35.1. The average molecular weight is 416 g/mol. The van der Waals surface area contributed by atoms with Gasteiger partial charge in [-0.2, -0.15) is 0 Å². The topological polar surface area (TPSA) is 94.6 Å². The van der Waals surface area contributed by atoms with Crippen molar-refractivity contribution in [1.29, 1.82) is 0 Å². The maximum absolute atomic E-state index is 12.7. The Morgan fingerprint density at radius 1 is 1.13 bits per heavy atom. The second-order valence-corrected chi connectivity index (χ2v) is 7.30. The highest BCUT2D eigenvalue weighted by Gasteiger charge is 2.28. The van der Waals surface area contributed by atoms with Crippen molar-refractivity contribution in [3.63, 3.8) is 0 Å². The Hall–Kier alpha value is -3.85. The van der Waals surface area contributed by atoms with E-state index in [4.69, 9.17) is 4.74 Å². The second-order valence-electron chi connectivity index (χ2n) is 7.30. The van der Waals surface area contributed by atoms with E-state index in [2.05, 4.69) is 15.1 Å². The van der Waals surface area contributed by atoms with Gasteiger partial charge in [0.2, 0.25) is 5.91 Å². The van der Waals surface area contributed by atoms with E-state index in [1.807, 2.05) is 30.5 Å². The molecule has 1 fully saturated rings. The molecule has 9 nitrogen and oxygen atoms in total. The zero-order valence-corrected chi connectivity index (χ0v) is 16.7. The fraction of sp³-hybridized carbons (Fsp3) is 0.227. The van der Waals surface area contributed by atoms with Crippen LogP contribution < -0.4 is 5.56 Å². The van der Waals surface area contributed by atoms with Gasteiger partial charge in [0, 0.05) is 48.5 Å². The minimum absolute atomic E-state index is 0.000537. The largest absolute Gasteiger partial charge is 0.366 e. The number of rotatable bonds is 4. The van der Waals surface area contributed by atoms with Crippen LogP contribution in [0.5, 0.6) is 0 Å². The van der Waals surface area contributed by atoms with Gasteiger partial charge in [-0.25, -0.2) is 9.50 Å². The Kier molecular flexibility index (Phi) is 5.01. The number of nitrogens with zero attached hydrogens (tertiary/aromatic N) is 6. The van der Waals surface area contributed by atoms with E-state index < -0.39 is 6.10 Å². The zero-order chi connectivity index (χ0) is 21.2. The lowest BCUT2D eigenvalue weighted by molar-refractivity contribution is -0.140. The number of hydrogen-bond acceptors (Lipinski definition) is 6. The summed E-state index contributed by atoms with van der Waals surface area (Å²) in [5.41, 5.74) is 2.47. The summed E-state index contributed by atoms with van der Waals surface area (Å²) in [7, 11) is 0. The highest BCUT2D eigenvalue weighted by molar-refractivity contribution is 5.76. The van der Waals surface area contributed by atoms with Crippen LogP contribution in [0.3, 0.4) is 0 Å². The van der Waals surface area contributed by atoms with Crippen LogP contribution in [0.2, 0.25) is 0 Å². The molecule has 156 valence electrons. The minimum Gasteiger partial charge on any atom is -0.366 e. The predicted octanol–water partition coefficient (Wildman–Crippen LogP) is 1.55. The fourth-order valence-corrected chi connectivity index (χ4v) is 3.61. The van der Waals surface area contributed by atoms with Gasteiger partial charge in [-0.15, -0.1) is 5.10 Å².